The highest BCUT2D eigenvalue weighted by molar-refractivity contribution is 5.94. The van der Waals surface area contributed by atoms with E-state index >= 15 is 0 Å². The second-order valence-corrected chi connectivity index (χ2v) is 5.89. The quantitative estimate of drug-likeness (QED) is 0.801. The molecule has 2 aromatic carbocycles. The molecular formula is C20H18N2O2. The van der Waals surface area contributed by atoms with Crippen LogP contribution in [0, 0.1) is 0 Å². The Bertz CT molecular complexity index is 838. The summed E-state index contributed by atoms with van der Waals surface area (Å²) in [5.74, 6) is 1.08. The fourth-order valence-electron chi connectivity index (χ4n) is 3.01. The number of amides is 1. The lowest BCUT2D eigenvalue weighted by molar-refractivity contribution is 0.0950. The maximum atomic E-state index is 12.4. The maximum absolute atomic E-state index is 12.4. The van der Waals surface area contributed by atoms with Crippen molar-refractivity contribution in [2.75, 3.05) is 13.2 Å². The second kappa shape index (κ2) is 6.24. The third-order valence-corrected chi connectivity index (χ3v) is 4.34. The van der Waals surface area contributed by atoms with Crippen LogP contribution < -0.4 is 10.1 Å². The van der Waals surface area contributed by atoms with Gasteiger partial charge < -0.3 is 14.6 Å². The molecule has 4 heteroatoms. The summed E-state index contributed by atoms with van der Waals surface area (Å²) >= 11 is 0. The van der Waals surface area contributed by atoms with Crippen molar-refractivity contribution < 1.29 is 9.53 Å². The van der Waals surface area contributed by atoms with Crippen molar-refractivity contribution in [3.05, 3.63) is 84.2 Å². The van der Waals surface area contributed by atoms with E-state index in [4.69, 9.17) is 4.74 Å². The highest BCUT2D eigenvalue weighted by Gasteiger charge is 2.23. The lowest BCUT2D eigenvalue weighted by atomic mass is 10.0. The van der Waals surface area contributed by atoms with Crippen molar-refractivity contribution in [1.82, 2.24) is 9.88 Å². The van der Waals surface area contributed by atoms with E-state index < -0.39 is 0 Å². The number of nitrogens with zero attached hydrogens (tertiary/aromatic N) is 1. The van der Waals surface area contributed by atoms with E-state index in [2.05, 4.69) is 11.4 Å². The first-order chi connectivity index (χ1) is 11.8. The van der Waals surface area contributed by atoms with E-state index in [0.717, 1.165) is 11.4 Å². The van der Waals surface area contributed by atoms with E-state index in [9.17, 15) is 4.79 Å². The standard InChI is InChI=1S/C20H18N2O2/c23-20(15-7-9-17(10-8-15)22-11-3-4-12-22)21-13-16-14-24-19-6-2-1-5-18(16)19/h1-12,16H,13-14H2,(H,21,23). The fourth-order valence-corrected chi connectivity index (χ4v) is 3.01. The van der Waals surface area contributed by atoms with E-state index in [-0.39, 0.29) is 11.8 Å². The van der Waals surface area contributed by atoms with Gasteiger partial charge in [-0.05, 0) is 42.5 Å². The van der Waals surface area contributed by atoms with Crippen LogP contribution >= 0.6 is 0 Å². The van der Waals surface area contributed by atoms with Crippen LogP contribution in [0.15, 0.2) is 73.1 Å². The summed E-state index contributed by atoms with van der Waals surface area (Å²) < 4.78 is 7.66. The van der Waals surface area contributed by atoms with Crippen molar-refractivity contribution in [3.8, 4) is 11.4 Å². The smallest absolute Gasteiger partial charge is 0.251 e. The SMILES string of the molecule is O=C(NCC1COc2ccccc21)c1ccc(-n2cccc2)cc1. The molecule has 4 nitrogen and oxygen atoms in total. The predicted octanol–water partition coefficient (Wildman–Crippen LogP) is 3.38. The molecule has 24 heavy (non-hydrogen) atoms. The van der Waals surface area contributed by atoms with Crippen molar-refractivity contribution in [1.29, 1.82) is 0 Å². The predicted molar refractivity (Wildman–Crippen MR) is 92.8 cm³/mol. The molecule has 1 aliphatic rings. The lowest BCUT2D eigenvalue weighted by Crippen LogP contribution is -2.29. The molecule has 1 amide bonds. The zero-order valence-electron chi connectivity index (χ0n) is 13.2. The molecule has 0 bridgehead atoms. The first-order valence-corrected chi connectivity index (χ1v) is 8.04. The summed E-state index contributed by atoms with van der Waals surface area (Å²) in [6, 6.07) is 19.5. The molecule has 1 aromatic heterocycles. The molecule has 1 atom stereocenters. The molecule has 0 fully saturated rings. The van der Waals surface area contributed by atoms with Gasteiger partial charge in [0, 0.05) is 41.7 Å². The Balaban J connectivity index is 1.40. The molecule has 0 aliphatic carbocycles. The molecule has 0 radical (unpaired) electrons. The number of carbonyl (C=O) groups excluding carboxylic acids is 1. The van der Waals surface area contributed by atoms with Gasteiger partial charge in [0.2, 0.25) is 0 Å². The third-order valence-electron chi connectivity index (χ3n) is 4.34. The highest BCUT2D eigenvalue weighted by Crippen LogP contribution is 2.32. The number of aromatic nitrogens is 1. The average molecular weight is 318 g/mol. The van der Waals surface area contributed by atoms with E-state index in [1.54, 1.807) is 0 Å². The molecule has 2 heterocycles. The van der Waals surface area contributed by atoms with Crippen LogP contribution in [0.3, 0.4) is 0 Å². The highest BCUT2D eigenvalue weighted by atomic mass is 16.5. The van der Waals surface area contributed by atoms with Crippen molar-refractivity contribution >= 4 is 5.91 Å². The Morgan fingerprint density at radius 2 is 1.79 bits per heavy atom. The van der Waals surface area contributed by atoms with Gasteiger partial charge in [-0.25, -0.2) is 0 Å². The maximum Gasteiger partial charge on any atom is 0.251 e. The summed E-state index contributed by atoms with van der Waals surface area (Å²) in [5, 5.41) is 3.01. The minimum absolute atomic E-state index is 0.0570. The molecule has 1 aliphatic heterocycles. The van der Waals surface area contributed by atoms with Gasteiger partial charge >= 0.3 is 0 Å². The van der Waals surface area contributed by atoms with Crippen molar-refractivity contribution in [2.45, 2.75) is 5.92 Å². The number of hydrogen-bond donors (Lipinski definition) is 1. The molecule has 3 aromatic rings. The second-order valence-electron chi connectivity index (χ2n) is 5.89. The number of para-hydroxylation sites is 1. The number of rotatable bonds is 4. The van der Waals surface area contributed by atoms with Gasteiger partial charge in [-0.3, -0.25) is 4.79 Å². The summed E-state index contributed by atoms with van der Waals surface area (Å²) in [5.41, 5.74) is 2.87. The summed E-state index contributed by atoms with van der Waals surface area (Å²) in [4.78, 5) is 12.4. The van der Waals surface area contributed by atoms with Gasteiger partial charge in [0.25, 0.3) is 5.91 Å². The Morgan fingerprint density at radius 3 is 2.58 bits per heavy atom. The van der Waals surface area contributed by atoms with Crippen molar-refractivity contribution in [3.63, 3.8) is 0 Å². The number of hydrogen-bond acceptors (Lipinski definition) is 2. The van der Waals surface area contributed by atoms with Crippen molar-refractivity contribution in [2.24, 2.45) is 0 Å². The zero-order chi connectivity index (χ0) is 16.4. The molecule has 120 valence electrons. The Hall–Kier alpha value is -3.01. The van der Waals surface area contributed by atoms with Crippen LogP contribution in [-0.4, -0.2) is 23.6 Å². The van der Waals surface area contributed by atoms with Crippen LogP contribution in [-0.2, 0) is 0 Å². The van der Waals surface area contributed by atoms with Gasteiger partial charge in [0.1, 0.15) is 5.75 Å². The van der Waals surface area contributed by atoms with Crippen LogP contribution in [0.2, 0.25) is 0 Å². The minimum Gasteiger partial charge on any atom is -0.493 e. The first kappa shape index (κ1) is 14.6. The molecule has 4 rings (SSSR count). The van der Waals surface area contributed by atoms with Crippen LogP contribution in [0.4, 0.5) is 0 Å². The van der Waals surface area contributed by atoms with Gasteiger partial charge in [-0.2, -0.15) is 0 Å². The largest absolute Gasteiger partial charge is 0.493 e. The summed E-state index contributed by atoms with van der Waals surface area (Å²) in [6.07, 6.45) is 3.96. The first-order valence-electron chi connectivity index (χ1n) is 8.04. The Labute approximate surface area is 140 Å². The van der Waals surface area contributed by atoms with Gasteiger partial charge in [0.15, 0.2) is 0 Å². The van der Waals surface area contributed by atoms with E-state index in [1.807, 2.05) is 71.6 Å². The molecule has 1 unspecified atom stereocenters. The Morgan fingerprint density at radius 1 is 1.04 bits per heavy atom. The molecule has 1 N–H and O–H groups in total. The minimum atomic E-state index is -0.0570. The van der Waals surface area contributed by atoms with E-state index in [1.165, 1.54) is 5.56 Å². The molecular weight excluding hydrogens is 300 g/mol. The summed E-state index contributed by atoms with van der Waals surface area (Å²) in [6.45, 7) is 1.20. The third kappa shape index (κ3) is 2.78. The lowest BCUT2D eigenvalue weighted by Gasteiger charge is -2.11. The van der Waals surface area contributed by atoms with Gasteiger partial charge in [-0.1, -0.05) is 18.2 Å². The molecule has 0 saturated carbocycles. The van der Waals surface area contributed by atoms with Gasteiger partial charge in [-0.15, -0.1) is 0 Å². The monoisotopic (exact) mass is 318 g/mol. The van der Waals surface area contributed by atoms with Crippen LogP contribution in [0.5, 0.6) is 5.75 Å². The molecule has 0 spiro atoms. The number of ether oxygens (including phenoxy) is 1. The normalized spacial score (nSPS) is 15.6. The zero-order valence-corrected chi connectivity index (χ0v) is 13.2. The number of nitrogens with one attached hydrogen (secondary N) is 1. The van der Waals surface area contributed by atoms with E-state index in [0.29, 0.717) is 18.7 Å². The topological polar surface area (TPSA) is 43.3 Å². The number of benzene rings is 2. The van der Waals surface area contributed by atoms with Gasteiger partial charge in [0.05, 0.1) is 6.61 Å². The number of carbonyl (C=O) groups is 1. The molecule has 0 saturated heterocycles. The van der Waals surface area contributed by atoms with Crippen LogP contribution in [0.1, 0.15) is 21.8 Å². The fraction of sp³-hybridized carbons (Fsp3) is 0.150. The van der Waals surface area contributed by atoms with Crippen LogP contribution in [0.25, 0.3) is 5.69 Å². The summed E-state index contributed by atoms with van der Waals surface area (Å²) in [7, 11) is 0. The Kier molecular flexibility index (Phi) is 3.79. The number of fused-ring (bicyclic) bond motifs is 1. The average Bonchev–Trinajstić information content (AvgIpc) is 3.30.